The first-order valence-corrected chi connectivity index (χ1v) is 6.49. The monoisotopic (exact) mass is 224 g/mol. The van der Waals surface area contributed by atoms with Crippen molar-refractivity contribution in [2.24, 2.45) is 0 Å². The van der Waals surface area contributed by atoms with E-state index in [0.717, 1.165) is 45.6 Å². The van der Waals surface area contributed by atoms with E-state index in [1.165, 1.54) is 12.8 Å². The summed E-state index contributed by atoms with van der Waals surface area (Å²) in [6.07, 6.45) is 4.99. The summed E-state index contributed by atoms with van der Waals surface area (Å²) >= 11 is 0. The van der Waals surface area contributed by atoms with E-state index >= 15 is 0 Å². The molecule has 0 radical (unpaired) electrons. The lowest BCUT2D eigenvalue weighted by Gasteiger charge is -2.27. The minimum Gasteiger partial charge on any atom is -0.372 e. The van der Waals surface area contributed by atoms with Gasteiger partial charge in [0.15, 0.2) is 0 Å². The molecule has 0 aromatic carbocycles. The maximum absolute atomic E-state index is 12.3. The second-order valence-electron chi connectivity index (χ2n) is 5.14. The smallest absolute Gasteiger partial charge is 0.239 e. The van der Waals surface area contributed by atoms with Crippen LogP contribution < -0.4 is 0 Å². The highest BCUT2D eigenvalue weighted by Crippen LogP contribution is 2.24. The van der Waals surface area contributed by atoms with Crippen molar-refractivity contribution in [3.63, 3.8) is 0 Å². The molecule has 3 aliphatic heterocycles. The van der Waals surface area contributed by atoms with Gasteiger partial charge in [-0.15, -0.1) is 0 Å². The van der Waals surface area contributed by atoms with E-state index < -0.39 is 0 Å². The molecule has 90 valence electrons. The largest absolute Gasteiger partial charge is 0.372 e. The molecule has 16 heavy (non-hydrogen) atoms. The average molecular weight is 224 g/mol. The second kappa shape index (κ2) is 4.34. The van der Waals surface area contributed by atoms with Crippen molar-refractivity contribution in [3.8, 4) is 0 Å². The third kappa shape index (κ3) is 2.09. The van der Waals surface area contributed by atoms with E-state index in [1.807, 2.05) is 0 Å². The fourth-order valence-corrected chi connectivity index (χ4v) is 2.91. The van der Waals surface area contributed by atoms with Crippen LogP contribution in [0.1, 0.15) is 25.7 Å². The molecule has 0 spiro atoms. The molecule has 1 amide bonds. The molecule has 0 bridgehead atoms. The second-order valence-corrected chi connectivity index (χ2v) is 5.14. The van der Waals surface area contributed by atoms with Crippen LogP contribution in [-0.2, 0) is 9.53 Å². The zero-order chi connectivity index (χ0) is 11.0. The quantitative estimate of drug-likeness (QED) is 0.654. The minimum absolute atomic E-state index is 0.155. The Kier molecular flexibility index (Phi) is 2.86. The lowest BCUT2D eigenvalue weighted by atomic mass is 10.2. The molecule has 4 heteroatoms. The summed E-state index contributed by atoms with van der Waals surface area (Å²) < 4.78 is 5.26. The van der Waals surface area contributed by atoms with Crippen molar-refractivity contribution in [1.82, 2.24) is 9.80 Å². The first kappa shape index (κ1) is 10.5. The molecule has 0 aromatic rings. The van der Waals surface area contributed by atoms with Gasteiger partial charge < -0.3 is 9.64 Å². The molecular formula is C12H20N2O2. The number of likely N-dealkylation sites (tertiary alicyclic amines) is 2. The highest BCUT2D eigenvalue weighted by Gasteiger charge is 2.37. The van der Waals surface area contributed by atoms with Gasteiger partial charge in [0.05, 0.1) is 18.8 Å². The summed E-state index contributed by atoms with van der Waals surface area (Å²) in [5.74, 6) is 0.371. The van der Waals surface area contributed by atoms with Gasteiger partial charge in [0, 0.05) is 19.6 Å². The first-order chi connectivity index (χ1) is 7.84. The summed E-state index contributed by atoms with van der Waals surface area (Å²) in [4.78, 5) is 16.7. The molecule has 0 aromatic heterocycles. The van der Waals surface area contributed by atoms with Gasteiger partial charge >= 0.3 is 0 Å². The van der Waals surface area contributed by atoms with Crippen LogP contribution in [0, 0.1) is 0 Å². The Morgan fingerprint density at radius 3 is 2.62 bits per heavy atom. The molecule has 3 aliphatic rings. The molecule has 0 aliphatic carbocycles. The van der Waals surface area contributed by atoms with Crippen molar-refractivity contribution in [2.45, 2.75) is 37.8 Å². The van der Waals surface area contributed by atoms with Crippen LogP contribution in [-0.4, -0.2) is 60.6 Å². The number of hydrogen-bond donors (Lipinski definition) is 0. The number of hydrogen-bond acceptors (Lipinski definition) is 3. The van der Waals surface area contributed by atoms with Crippen molar-refractivity contribution in [1.29, 1.82) is 0 Å². The predicted molar refractivity (Wildman–Crippen MR) is 60.1 cm³/mol. The Morgan fingerprint density at radius 1 is 1.19 bits per heavy atom. The lowest BCUT2D eigenvalue weighted by molar-refractivity contribution is -0.134. The molecule has 0 unspecified atom stereocenters. The predicted octanol–water partition coefficient (Wildman–Crippen LogP) is 0.472. The minimum atomic E-state index is 0.155. The summed E-state index contributed by atoms with van der Waals surface area (Å²) in [5.41, 5.74) is 0. The van der Waals surface area contributed by atoms with Gasteiger partial charge in [-0.1, -0.05) is 0 Å². The standard InChI is InChI=1S/C12H20N2O2/c15-12(13-5-1-2-6-13)11-4-3-7-14(11)8-10-9-16-10/h10-11H,1-9H2/t10-,11-/m1/s1. The molecule has 3 fully saturated rings. The molecule has 3 saturated heterocycles. The molecule has 0 saturated carbocycles. The first-order valence-electron chi connectivity index (χ1n) is 6.49. The van der Waals surface area contributed by atoms with Gasteiger partial charge in [-0.2, -0.15) is 0 Å². The number of carbonyl (C=O) groups excluding carboxylic acids is 1. The Balaban J connectivity index is 1.60. The highest BCUT2D eigenvalue weighted by atomic mass is 16.6. The molecule has 0 N–H and O–H groups in total. The maximum atomic E-state index is 12.3. The summed E-state index contributed by atoms with van der Waals surface area (Å²) in [7, 11) is 0. The molecule has 2 atom stereocenters. The zero-order valence-electron chi connectivity index (χ0n) is 9.73. The van der Waals surface area contributed by atoms with Gasteiger partial charge in [0.25, 0.3) is 0 Å². The van der Waals surface area contributed by atoms with Crippen LogP contribution >= 0.6 is 0 Å². The topological polar surface area (TPSA) is 36.1 Å². The number of epoxide rings is 1. The van der Waals surface area contributed by atoms with E-state index in [1.54, 1.807) is 0 Å². The van der Waals surface area contributed by atoms with Crippen LogP contribution in [0.25, 0.3) is 0 Å². The van der Waals surface area contributed by atoms with Crippen LogP contribution in [0.4, 0.5) is 0 Å². The summed E-state index contributed by atoms with van der Waals surface area (Å²) in [6.45, 7) is 4.88. The third-order valence-electron chi connectivity index (χ3n) is 3.91. The summed E-state index contributed by atoms with van der Waals surface area (Å²) in [6, 6.07) is 0.155. The third-order valence-corrected chi connectivity index (χ3v) is 3.91. The SMILES string of the molecule is O=C([C@H]1CCCN1C[C@@H]1CO1)N1CCCC1. The molecule has 3 rings (SSSR count). The molecule has 3 heterocycles. The number of carbonyl (C=O) groups is 1. The van der Waals surface area contributed by atoms with Gasteiger partial charge in [0.1, 0.15) is 0 Å². The fourth-order valence-electron chi connectivity index (χ4n) is 2.91. The van der Waals surface area contributed by atoms with Crippen LogP contribution in [0.2, 0.25) is 0 Å². The van der Waals surface area contributed by atoms with Crippen LogP contribution in [0.3, 0.4) is 0 Å². The average Bonchev–Trinajstić information content (AvgIpc) is 2.82. The number of ether oxygens (including phenoxy) is 1. The number of rotatable bonds is 3. The van der Waals surface area contributed by atoms with Crippen molar-refractivity contribution < 1.29 is 9.53 Å². The van der Waals surface area contributed by atoms with Gasteiger partial charge in [-0.05, 0) is 32.2 Å². The Morgan fingerprint density at radius 2 is 1.94 bits per heavy atom. The van der Waals surface area contributed by atoms with E-state index in [-0.39, 0.29) is 6.04 Å². The maximum Gasteiger partial charge on any atom is 0.239 e. The summed E-state index contributed by atoms with van der Waals surface area (Å²) in [5, 5.41) is 0. The van der Waals surface area contributed by atoms with Crippen LogP contribution in [0.15, 0.2) is 0 Å². The highest BCUT2D eigenvalue weighted by molar-refractivity contribution is 5.82. The van der Waals surface area contributed by atoms with E-state index in [0.29, 0.717) is 12.0 Å². The Labute approximate surface area is 96.5 Å². The molecule has 4 nitrogen and oxygen atoms in total. The van der Waals surface area contributed by atoms with Crippen molar-refractivity contribution in [2.75, 3.05) is 32.8 Å². The van der Waals surface area contributed by atoms with Gasteiger partial charge in [0.2, 0.25) is 5.91 Å². The van der Waals surface area contributed by atoms with Gasteiger partial charge in [-0.3, -0.25) is 9.69 Å². The number of amides is 1. The van der Waals surface area contributed by atoms with E-state index in [2.05, 4.69) is 9.80 Å². The molecular weight excluding hydrogens is 204 g/mol. The number of nitrogens with zero attached hydrogens (tertiary/aromatic N) is 2. The lowest BCUT2D eigenvalue weighted by Crippen LogP contribution is -2.45. The van der Waals surface area contributed by atoms with E-state index in [9.17, 15) is 4.79 Å². The Hall–Kier alpha value is -0.610. The Bertz CT molecular complexity index is 272. The van der Waals surface area contributed by atoms with Crippen molar-refractivity contribution >= 4 is 5.91 Å². The fraction of sp³-hybridized carbons (Fsp3) is 0.917. The zero-order valence-corrected chi connectivity index (χ0v) is 9.73. The van der Waals surface area contributed by atoms with Crippen LogP contribution in [0.5, 0.6) is 0 Å². The normalized spacial score (nSPS) is 34.6. The van der Waals surface area contributed by atoms with Gasteiger partial charge in [-0.25, -0.2) is 0 Å². The van der Waals surface area contributed by atoms with Crippen molar-refractivity contribution in [3.05, 3.63) is 0 Å². The van der Waals surface area contributed by atoms with E-state index in [4.69, 9.17) is 4.74 Å².